The molecule has 1 heteroatoms. The molecule has 0 aromatic carbocycles. The topological polar surface area (TPSA) is 0 Å². The molecular weight excluding hydrogens is 194 g/mol. The van der Waals surface area contributed by atoms with E-state index < -0.39 is 0 Å². The highest BCUT2D eigenvalue weighted by Crippen LogP contribution is 2.59. The summed E-state index contributed by atoms with van der Waals surface area (Å²) in [6, 6.07) is 0. The van der Waals surface area contributed by atoms with E-state index >= 15 is 0 Å². The van der Waals surface area contributed by atoms with Crippen LogP contribution >= 0.6 is 0 Å². The Balaban J connectivity index is 1.99. The van der Waals surface area contributed by atoms with Crippen molar-refractivity contribution in [3.05, 3.63) is 23.8 Å². The monoisotopic (exact) mass is 220 g/mol. The van der Waals surface area contributed by atoms with Crippen LogP contribution in [0.4, 0.5) is 0 Å². The molecule has 0 aliphatic heterocycles. The minimum atomic E-state index is 0.561. The van der Waals surface area contributed by atoms with E-state index in [9.17, 15) is 0 Å². The van der Waals surface area contributed by atoms with Gasteiger partial charge >= 0.3 is 0 Å². The maximum atomic E-state index is 2.47. The molecule has 0 amide bonds. The number of hydrogen-bond donors (Lipinski definition) is 0. The van der Waals surface area contributed by atoms with Gasteiger partial charge in [-0.05, 0) is 41.7 Å². The molecule has 16 heavy (non-hydrogen) atoms. The van der Waals surface area contributed by atoms with Gasteiger partial charge < -0.3 is 4.48 Å². The molecule has 3 rings (SSSR count). The number of allylic oxidation sites excluding steroid dienone is 3. The fourth-order valence-corrected chi connectivity index (χ4v) is 3.09. The maximum Gasteiger partial charge on any atom is 0.0970 e. The van der Waals surface area contributed by atoms with E-state index in [0.717, 1.165) is 22.9 Å². The van der Waals surface area contributed by atoms with Crippen LogP contribution in [0.25, 0.3) is 0 Å². The lowest BCUT2D eigenvalue weighted by Gasteiger charge is -2.56. The number of rotatable bonds is 3. The van der Waals surface area contributed by atoms with Gasteiger partial charge in [0.2, 0.25) is 0 Å². The molecule has 0 spiro atoms. The van der Waals surface area contributed by atoms with Gasteiger partial charge in [-0.25, -0.2) is 0 Å². The summed E-state index contributed by atoms with van der Waals surface area (Å²) in [5.41, 5.74) is 2.16. The van der Waals surface area contributed by atoms with Gasteiger partial charge in [-0.1, -0.05) is 26.0 Å². The summed E-state index contributed by atoms with van der Waals surface area (Å²) in [5, 5.41) is 0. The van der Waals surface area contributed by atoms with Gasteiger partial charge in [0, 0.05) is 0 Å². The van der Waals surface area contributed by atoms with Crippen LogP contribution in [0.2, 0.25) is 0 Å². The number of nitrogens with zero attached hydrogens (tertiary/aromatic N) is 1. The predicted octanol–water partition coefficient (Wildman–Crippen LogP) is 3.24. The van der Waals surface area contributed by atoms with E-state index in [0.29, 0.717) is 5.41 Å². The van der Waals surface area contributed by atoms with Gasteiger partial charge in [0.15, 0.2) is 0 Å². The molecule has 90 valence electrons. The molecule has 1 nitrogen and oxygen atoms in total. The van der Waals surface area contributed by atoms with Gasteiger partial charge in [-0.3, -0.25) is 0 Å². The SMILES string of the molecule is CC1(C)[C@H]2CC=C(/C=C/C[N+](C)(C)C)[C@@H]1C2. The molecule has 3 aliphatic carbocycles. The van der Waals surface area contributed by atoms with Crippen LogP contribution in [0.1, 0.15) is 26.7 Å². The first-order chi connectivity index (χ1) is 7.31. The van der Waals surface area contributed by atoms with Crippen LogP contribution in [0.5, 0.6) is 0 Å². The van der Waals surface area contributed by atoms with Crippen molar-refractivity contribution < 1.29 is 4.48 Å². The van der Waals surface area contributed by atoms with Gasteiger partial charge in [-0.2, -0.15) is 0 Å². The first kappa shape index (κ1) is 11.9. The van der Waals surface area contributed by atoms with Crippen LogP contribution in [-0.4, -0.2) is 32.2 Å². The van der Waals surface area contributed by atoms with Crippen molar-refractivity contribution in [2.24, 2.45) is 17.3 Å². The quantitative estimate of drug-likeness (QED) is 0.641. The van der Waals surface area contributed by atoms with E-state index in [1.54, 1.807) is 5.57 Å². The first-order valence-electron chi connectivity index (χ1n) is 6.48. The van der Waals surface area contributed by atoms with Crippen molar-refractivity contribution in [3.8, 4) is 0 Å². The molecule has 0 N–H and O–H groups in total. The third-order valence-corrected chi connectivity index (χ3v) is 4.47. The summed E-state index contributed by atoms with van der Waals surface area (Å²) in [4.78, 5) is 0. The van der Waals surface area contributed by atoms with Crippen molar-refractivity contribution in [3.63, 3.8) is 0 Å². The zero-order valence-electron chi connectivity index (χ0n) is 11.5. The molecule has 0 unspecified atom stereocenters. The molecule has 0 saturated heterocycles. The standard InChI is InChI=1S/C15H26N/c1-15(2)13-9-8-12(14(15)11-13)7-6-10-16(3,4)5/h6-8,13-14H,9-11H2,1-5H3/q+1/b7-6+/t13-,14-/m0/s1. The molecule has 2 atom stereocenters. The molecule has 2 bridgehead atoms. The smallest absolute Gasteiger partial charge is 0.0970 e. The maximum absolute atomic E-state index is 2.47. The Labute approximate surface area is 100 Å². The minimum absolute atomic E-state index is 0.561. The molecule has 0 aromatic rings. The van der Waals surface area contributed by atoms with Crippen molar-refractivity contribution in [1.82, 2.24) is 0 Å². The summed E-state index contributed by atoms with van der Waals surface area (Å²) in [5.74, 6) is 1.78. The van der Waals surface area contributed by atoms with E-state index in [1.807, 2.05) is 0 Å². The Morgan fingerprint density at radius 1 is 1.38 bits per heavy atom. The average molecular weight is 220 g/mol. The Kier molecular flexibility index (Phi) is 2.78. The van der Waals surface area contributed by atoms with Crippen LogP contribution in [0, 0.1) is 17.3 Å². The van der Waals surface area contributed by atoms with Crippen molar-refractivity contribution >= 4 is 0 Å². The Bertz CT molecular complexity index is 328. The molecule has 1 fully saturated rings. The summed E-state index contributed by atoms with van der Waals surface area (Å²) in [7, 11) is 6.72. The normalized spacial score (nSPS) is 32.4. The lowest BCUT2D eigenvalue weighted by atomic mass is 9.49. The number of fused-ring (bicyclic) bond motifs is 1. The molecular formula is C15H26N+. The minimum Gasteiger partial charge on any atom is -0.328 e. The molecule has 0 radical (unpaired) electrons. The first-order valence-corrected chi connectivity index (χ1v) is 6.48. The molecule has 3 aliphatic rings. The van der Waals surface area contributed by atoms with E-state index in [1.165, 1.54) is 12.8 Å². The van der Waals surface area contributed by atoms with Crippen LogP contribution in [0.3, 0.4) is 0 Å². The fourth-order valence-electron chi connectivity index (χ4n) is 3.09. The molecule has 1 saturated carbocycles. The largest absolute Gasteiger partial charge is 0.328 e. The van der Waals surface area contributed by atoms with Crippen molar-refractivity contribution in [1.29, 1.82) is 0 Å². The fraction of sp³-hybridized carbons (Fsp3) is 0.733. The van der Waals surface area contributed by atoms with E-state index in [-0.39, 0.29) is 0 Å². The number of likely N-dealkylation sites (N-methyl/N-ethyl adjacent to an activating group) is 1. The van der Waals surface area contributed by atoms with Crippen LogP contribution in [-0.2, 0) is 0 Å². The third-order valence-electron chi connectivity index (χ3n) is 4.47. The number of hydrogen-bond acceptors (Lipinski definition) is 0. The zero-order valence-corrected chi connectivity index (χ0v) is 11.5. The summed E-state index contributed by atoms with van der Waals surface area (Å²) in [6.45, 7) is 5.99. The van der Waals surface area contributed by atoms with Gasteiger partial charge in [0.25, 0.3) is 0 Å². The Morgan fingerprint density at radius 3 is 2.56 bits per heavy atom. The summed E-state index contributed by atoms with van der Waals surface area (Å²) < 4.78 is 1.01. The second-order valence-corrected chi connectivity index (χ2v) is 7.12. The van der Waals surface area contributed by atoms with E-state index in [2.05, 4.69) is 53.2 Å². The predicted molar refractivity (Wildman–Crippen MR) is 70.1 cm³/mol. The Hall–Kier alpha value is -0.560. The summed E-state index contributed by atoms with van der Waals surface area (Å²) in [6.07, 6.45) is 9.92. The highest BCUT2D eigenvalue weighted by atomic mass is 15.3. The average Bonchev–Trinajstić information content (AvgIpc) is 2.15. The van der Waals surface area contributed by atoms with Crippen molar-refractivity contribution in [2.75, 3.05) is 27.7 Å². The van der Waals surface area contributed by atoms with Crippen LogP contribution < -0.4 is 0 Å². The lowest BCUT2D eigenvalue weighted by Crippen LogP contribution is -2.47. The second-order valence-electron chi connectivity index (χ2n) is 7.12. The van der Waals surface area contributed by atoms with Gasteiger partial charge in [-0.15, -0.1) is 0 Å². The highest BCUT2D eigenvalue weighted by molar-refractivity contribution is 5.31. The van der Waals surface area contributed by atoms with Crippen molar-refractivity contribution in [2.45, 2.75) is 26.7 Å². The van der Waals surface area contributed by atoms with E-state index in [4.69, 9.17) is 0 Å². The lowest BCUT2D eigenvalue weighted by molar-refractivity contribution is -0.864. The number of quaternary nitrogens is 1. The Morgan fingerprint density at radius 2 is 2.06 bits per heavy atom. The third kappa shape index (κ3) is 2.10. The second kappa shape index (κ2) is 3.73. The summed E-state index contributed by atoms with van der Waals surface area (Å²) >= 11 is 0. The highest BCUT2D eigenvalue weighted by Gasteiger charge is 2.50. The zero-order chi connectivity index (χ0) is 12.0. The van der Waals surface area contributed by atoms with Crippen LogP contribution in [0.15, 0.2) is 23.8 Å². The molecule has 0 aromatic heterocycles. The van der Waals surface area contributed by atoms with Gasteiger partial charge in [0.1, 0.15) is 0 Å². The molecule has 0 heterocycles. The van der Waals surface area contributed by atoms with Gasteiger partial charge in [0.05, 0.1) is 27.7 Å².